The molecule has 7 heteroatoms. The highest BCUT2D eigenvalue weighted by atomic mass is 79.9. The monoisotopic (exact) mass is 356 g/mol. The van der Waals surface area contributed by atoms with E-state index in [1.54, 1.807) is 6.07 Å². The summed E-state index contributed by atoms with van der Waals surface area (Å²) in [6.07, 6.45) is 1.28. The molecule has 2 atom stereocenters. The normalized spacial score (nSPS) is 23.0. The van der Waals surface area contributed by atoms with Crippen LogP contribution < -0.4 is 0 Å². The lowest BCUT2D eigenvalue weighted by Gasteiger charge is -2.36. The van der Waals surface area contributed by atoms with Gasteiger partial charge in [0.1, 0.15) is 0 Å². The summed E-state index contributed by atoms with van der Waals surface area (Å²) < 4.78 is 0.712. The van der Waals surface area contributed by atoms with Crippen molar-refractivity contribution in [3.05, 3.63) is 38.3 Å². The number of nitro benzene ring substituents is 1. The number of carboxylic acid groups (broad SMARTS) is 1. The number of carbonyl (C=O) groups is 1. The topological polar surface area (TPSA) is 83.7 Å². The van der Waals surface area contributed by atoms with Crippen molar-refractivity contribution in [2.24, 2.45) is 5.92 Å². The predicted octanol–water partition coefficient (Wildman–Crippen LogP) is 3.04. The Morgan fingerprint density at radius 3 is 2.81 bits per heavy atom. The minimum atomic E-state index is -0.724. The van der Waals surface area contributed by atoms with Gasteiger partial charge in [-0.1, -0.05) is 15.9 Å². The number of piperidine rings is 1. The number of aliphatic carboxylic acids is 1. The second-order valence-corrected chi connectivity index (χ2v) is 6.27. The van der Waals surface area contributed by atoms with Crippen molar-refractivity contribution in [1.29, 1.82) is 0 Å². The number of rotatable bonds is 4. The number of nitro groups is 1. The number of likely N-dealkylation sites (tertiary alicyclic amines) is 1. The predicted molar refractivity (Wildman–Crippen MR) is 81.0 cm³/mol. The molecule has 0 saturated carbocycles. The largest absolute Gasteiger partial charge is 0.481 e. The van der Waals surface area contributed by atoms with Crippen LogP contribution in [0.1, 0.15) is 25.3 Å². The summed E-state index contributed by atoms with van der Waals surface area (Å²) in [4.78, 5) is 23.5. The lowest BCUT2D eigenvalue weighted by atomic mass is 9.91. The van der Waals surface area contributed by atoms with Gasteiger partial charge in [-0.25, -0.2) is 0 Å². The van der Waals surface area contributed by atoms with Gasteiger partial charge < -0.3 is 5.11 Å². The molecule has 6 nitrogen and oxygen atoms in total. The second-order valence-electron chi connectivity index (χ2n) is 5.41. The molecule has 1 aromatic rings. The van der Waals surface area contributed by atoms with E-state index in [0.717, 1.165) is 12.1 Å². The van der Waals surface area contributed by atoms with Crippen LogP contribution in [0.3, 0.4) is 0 Å². The van der Waals surface area contributed by atoms with Gasteiger partial charge in [-0.2, -0.15) is 0 Å². The third-order valence-corrected chi connectivity index (χ3v) is 4.72. The summed E-state index contributed by atoms with van der Waals surface area (Å²) in [5.41, 5.74) is 1.03. The zero-order valence-corrected chi connectivity index (χ0v) is 13.2. The van der Waals surface area contributed by atoms with Crippen molar-refractivity contribution in [2.45, 2.75) is 32.4 Å². The molecule has 0 aliphatic carbocycles. The minimum absolute atomic E-state index is 0.0586. The Morgan fingerprint density at radius 1 is 1.57 bits per heavy atom. The summed E-state index contributed by atoms with van der Waals surface area (Å²) >= 11 is 3.37. The zero-order valence-electron chi connectivity index (χ0n) is 11.7. The Bertz CT molecular complexity index is 564. The summed E-state index contributed by atoms with van der Waals surface area (Å²) in [6, 6.07) is 4.93. The van der Waals surface area contributed by atoms with Crippen LogP contribution in [0.2, 0.25) is 0 Å². The highest BCUT2D eigenvalue weighted by Gasteiger charge is 2.29. The molecule has 114 valence electrons. The summed E-state index contributed by atoms with van der Waals surface area (Å²) in [7, 11) is 0. The first-order chi connectivity index (χ1) is 9.88. The van der Waals surface area contributed by atoms with Crippen molar-refractivity contribution < 1.29 is 14.8 Å². The molecule has 0 radical (unpaired) electrons. The Morgan fingerprint density at radius 2 is 2.29 bits per heavy atom. The standard InChI is InChI=1S/C14H17BrN2O4/c1-9-6-10(14(18)19)4-5-16(9)8-11-2-3-12(17(20)21)7-13(11)15/h2-3,7,9-10H,4-6,8H2,1H3,(H,18,19). The van der Waals surface area contributed by atoms with E-state index >= 15 is 0 Å². The van der Waals surface area contributed by atoms with E-state index in [1.807, 2.05) is 6.92 Å². The number of hydrogen-bond donors (Lipinski definition) is 1. The van der Waals surface area contributed by atoms with E-state index in [9.17, 15) is 14.9 Å². The van der Waals surface area contributed by atoms with Crippen LogP contribution in [-0.2, 0) is 11.3 Å². The number of benzene rings is 1. The summed E-state index contributed by atoms with van der Waals surface area (Å²) in [5, 5.41) is 19.8. The van der Waals surface area contributed by atoms with Gasteiger partial charge in [0.05, 0.1) is 10.8 Å². The first kappa shape index (κ1) is 15.9. The Kier molecular flexibility index (Phi) is 4.95. The lowest BCUT2D eigenvalue weighted by molar-refractivity contribution is -0.384. The molecule has 1 saturated heterocycles. The average Bonchev–Trinajstić information content (AvgIpc) is 2.42. The van der Waals surface area contributed by atoms with E-state index in [0.29, 0.717) is 23.9 Å². The minimum Gasteiger partial charge on any atom is -0.481 e. The van der Waals surface area contributed by atoms with Crippen LogP contribution in [0.5, 0.6) is 0 Å². The third-order valence-electron chi connectivity index (χ3n) is 3.98. The molecule has 2 unspecified atom stereocenters. The van der Waals surface area contributed by atoms with Gasteiger partial charge in [0.25, 0.3) is 5.69 Å². The van der Waals surface area contributed by atoms with Crippen molar-refractivity contribution in [2.75, 3.05) is 6.54 Å². The van der Waals surface area contributed by atoms with Crippen molar-refractivity contribution in [3.8, 4) is 0 Å². The number of hydrogen-bond acceptors (Lipinski definition) is 4. The molecule has 1 fully saturated rings. The van der Waals surface area contributed by atoms with E-state index in [2.05, 4.69) is 20.8 Å². The molecule has 1 N–H and O–H groups in total. The quantitative estimate of drug-likeness (QED) is 0.661. The molecule has 0 amide bonds. The van der Waals surface area contributed by atoms with Crippen molar-refractivity contribution >= 4 is 27.6 Å². The SMILES string of the molecule is CC1CC(C(=O)O)CCN1Cc1ccc([N+](=O)[O-])cc1Br. The summed E-state index contributed by atoms with van der Waals surface area (Å²) in [5.74, 6) is -0.991. The maximum Gasteiger partial charge on any atom is 0.306 e. The van der Waals surface area contributed by atoms with Crippen LogP contribution >= 0.6 is 15.9 Å². The molecule has 0 aromatic heterocycles. The molecule has 0 bridgehead atoms. The highest BCUT2D eigenvalue weighted by Crippen LogP contribution is 2.28. The van der Waals surface area contributed by atoms with Crippen molar-refractivity contribution in [1.82, 2.24) is 4.90 Å². The number of non-ortho nitro benzene ring substituents is 1. The van der Waals surface area contributed by atoms with Crippen LogP contribution in [0.25, 0.3) is 0 Å². The number of carboxylic acids is 1. The Hall–Kier alpha value is -1.47. The van der Waals surface area contributed by atoms with Gasteiger partial charge in [0, 0.05) is 29.2 Å². The van der Waals surface area contributed by atoms with Crippen LogP contribution in [0.15, 0.2) is 22.7 Å². The van der Waals surface area contributed by atoms with E-state index < -0.39 is 10.9 Å². The molecule has 2 rings (SSSR count). The molecule has 1 aromatic carbocycles. The Labute approximate surface area is 131 Å². The maximum atomic E-state index is 11.0. The number of nitrogens with zero attached hydrogens (tertiary/aromatic N) is 2. The fourth-order valence-corrected chi connectivity index (χ4v) is 3.17. The van der Waals surface area contributed by atoms with Crippen LogP contribution in [0.4, 0.5) is 5.69 Å². The van der Waals surface area contributed by atoms with Gasteiger partial charge in [-0.15, -0.1) is 0 Å². The molecule has 1 aliphatic heterocycles. The first-order valence-electron chi connectivity index (χ1n) is 6.78. The fraction of sp³-hybridized carbons (Fsp3) is 0.500. The molecule has 0 spiro atoms. The van der Waals surface area contributed by atoms with Crippen LogP contribution in [-0.4, -0.2) is 33.5 Å². The second kappa shape index (κ2) is 6.53. The Balaban J connectivity index is 2.05. The van der Waals surface area contributed by atoms with E-state index in [1.165, 1.54) is 12.1 Å². The molecule has 1 aliphatic rings. The summed E-state index contributed by atoms with van der Waals surface area (Å²) in [6.45, 7) is 3.40. The molecule has 21 heavy (non-hydrogen) atoms. The smallest absolute Gasteiger partial charge is 0.306 e. The first-order valence-corrected chi connectivity index (χ1v) is 7.57. The van der Waals surface area contributed by atoms with Gasteiger partial charge in [-0.3, -0.25) is 19.8 Å². The third kappa shape index (κ3) is 3.79. The van der Waals surface area contributed by atoms with Crippen LogP contribution in [0, 0.1) is 16.0 Å². The number of halogens is 1. The van der Waals surface area contributed by atoms with Gasteiger partial charge in [-0.05, 0) is 37.9 Å². The maximum absolute atomic E-state index is 11.0. The zero-order chi connectivity index (χ0) is 15.6. The van der Waals surface area contributed by atoms with Gasteiger partial charge in [0.15, 0.2) is 0 Å². The van der Waals surface area contributed by atoms with Gasteiger partial charge >= 0.3 is 5.97 Å². The van der Waals surface area contributed by atoms with E-state index in [-0.39, 0.29) is 17.6 Å². The molecule has 1 heterocycles. The van der Waals surface area contributed by atoms with E-state index in [4.69, 9.17) is 5.11 Å². The van der Waals surface area contributed by atoms with Gasteiger partial charge in [0.2, 0.25) is 0 Å². The highest BCUT2D eigenvalue weighted by molar-refractivity contribution is 9.10. The lowest BCUT2D eigenvalue weighted by Crippen LogP contribution is -2.42. The average molecular weight is 357 g/mol. The fourth-order valence-electron chi connectivity index (χ4n) is 2.68. The van der Waals surface area contributed by atoms with Crippen molar-refractivity contribution in [3.63, 3.8) is 0 Å². The molecular weight excluding hydrogens is 340 g/mol. The molecular formula is C14H17BrN2O4.